The Bertz CT molecular complexity index is 694. The Balaban J connectivity index is 1.37. The zero-order valence-electron chi connectivity index (χ0n) is 15.9. The number of ether oxygens (including phenoxy) is 1. The van der Waals surface area contributed by atoms with Crippen molar-refractivity contribution in [2.75, 3.05) is 39.4 Å². The number of hydrogen-bond donors (Lipinski definition) is 2. The minimum Gasteiger partial charge on any atom is -0.379 e. The molecule has 7 heteroatoms. The van der Waals surface area contributed by atoms with E-state index in [1.54, 1.807) is 0 Å². The molecule has 1 aromatic heterocycles. The van der Waals surface area contributed by atoms with Gasteiger partial charge >= 0.3 is 0 Å². The molecule has 0 atom stereocenters. The minimum absolute atomic E-state index is 0.481. The third kappa shape index (κ3) is 6.69. The number of morpholine rings is 1. The predicted molar refractivity (Wildman–Crippen MR) is 108 cm³/mol. The predicted octanol–water partition coefficient (Wildman–Crippen LogP) is 1.25. The number of aliphatic imine (C=N–C) groups is 1. The Morgan fingerprint density at radius 3 is 2.81 bits per heavy atom. The summed E-state index contributed by atoms with van der Waals surface area (Å²) in [6.45, 7) is 7.00. The van der Waals surface area contributed by atoms with Gasteiger partial charge in [-0.3, -0.25) is 4.90 Å². The van der Waals surface area contributed by atoms with Crippen molar-refractivity contribution in [3.05, 3.63) is 54.1 Å². The highest BCUT2D eigenvalue weighted by Gasteiger charge is 2.09. The molecule has 1 aliphatic heterocycles. The van der Waals surface area contributed by atoms with Crippen molar-refractivity contribution in [2.24, 2.45) is 10.7 Å². The monoisotopic (exact) mass is 370 g/mol. The van der Waals surface area contributed by atoms with E-state index in [2.05, 4.69) is 49.0 Å². The van der Waals surface area contributed by atoms with Crippen molar-refractivity contribution in [1.29, 1.82) is 0 Å². The first-order valence-electron chi connectivity index (χ1n) is 9.69. The number of rotatable bonds is 9. The van der Waals surface area contributed by atoms with Crippen LogP contribution in [0.4, 0.5) is 0 Å². The van der Waals surface area contributed by atoms with Crippen LogP contribution in [0.25, 0.3) is 0 Å². The average Bonchev–Trinajstić information content (AvgIpc) is 3.17. The second-order valence-corrected chi connectivity index (χ2v) is 6.71. The van der Waals surface area contributed by atoms with Crippen molar-refractivity contribution in [1.82, 2.24) is 19.8 Å². The second-order valence-electron chi connectivity index (χ2n) is 6.71. The maximum atomic E-state index is 5.99. The van der Waals surface area contributed by atoms with Crippen LogP contribution in [0.5, 0.6) is 0 Å². The van der Waals surface area contributed by atoms with Crippen LogP contribution in [-0.2, 0) is 24.2 Å². The summed E-state index contributed by atoms with van der Waals surface area (Å²) >= 11 is 0. The van der Waals surface area contributed by atoms with Crippen molar-refractivity contribution >= 4 is 5.96 Å². The van der Waals surface area contributed by atoms with Gasteiger partial charge in [0.1, 0.15) is 12.4 Å². The Morgan fingerprint density at radius 2 is 2.00 bits per heavy atom. The van der Waals surface area contributed by atoms with Crippen LogP contribution in [0.3, 0.4) is 0 Å². The van der Waals surface area contributed by atoms with Crippen LogP contribution >= 0.6 is 0 Å². The van der Waals surface area contributed by atoms with E-state index in [-0.39, 0.29) is 0 Å². The molecule has 0 aliphatic carbocycles. The largest absolute Gasteiger partial charge is 0.379 e. The van der Waals surface area contributed by atoms with Gasteiger partial charge in [-0.1, -0.05) is 30.3 Å². The van der Waals surface area contributed by atoms with Gasteiger partial charge in [-0.05, 0) is 24.9 Å². The van der Waals surface area contributed by atoms with E-state index in [9.17, 15) is 0 Å². The number of nitrogens with two attached hydrogens (primary N) is 1. The molecule has 1 fully saturated rings. The van der Waals surface area contributed by atoms with Gasteiger partial charge in [-0.2, -0.15) is 0 Å². The van der Waals surface area contributed by atoms with E-state index in [4.69, 9.17) is 10.5 Å². The first kappa shape index (κ1) is 19.4. The molecule has 2 aromatic rings. The Hall–Kier alpha value is -2.38. The lowest BCUT2D eigenvalue weighted by molar-refractivity contribution is 0.0376. The lowest BCUT2D eigenvalue weighted by Gasteiger charge is -2.26. The van der Waals surface area contributed by atoms with Gasteiger partial charge in [0.2, 0.25) is 0 Å². The highest BCUT2D eigenvalue weighted by atomic mass is 16.5. The molecule has 0 radical (unpaired) electrons. The van der Waals surface area contributed by atoms with Crippen molar-refractivity contribution in [3.8, 4) is 0 Å². The van der Waals surface area contributed by atoms with E-state index in [0.29, 0.717) is 12.5 Å². The van der Waals surface area contributed by atoms with E-state index in [0.717, 1.165) is 64.6 Å². The summed E-state index contributed by atoms with van der Waals surface area (Å²) in [6.07, 6.45) is 5.84. The first-order valence-corrected chi connectivity index (χ1v) is 9.69. The normalized spacial score (nSPS) is 15.8. The van der Waals surface area contributed by atoms with Gasteiger partial charge in [0.25, 0.3) is 0 Å². The summed E-state index contributed by atoms with van der Waals surface area (Å²) in [5, 5.41) is 3.19. The molecule has 3 N–H and O–H groups in total. The number of nitrogens with zero attached hydrogens (tertiary/aromatic N) is 4. The van der Waals surface area contributed by atoms with Crippen molar-refractivity contribution in [3.63, 3.8) is 0 Å². The fraction of sp³-hybridized carbons (Fsp3) is 0.500. The molecule has 3 rings (SSSR count). The van der Waals surface area contributed by atoms with E-state index in [1.807, 2.05) is 18.5 Å². The maximum absolute atomic E-state index is 5.99. The molecular weight excluding hydrogens is 340 g/mol. The van der Waals surface area contributed by atoms with Gasteiger partial charge in [0.15, 0.2) is 5.96 Å². The lowest BCUT2D eigenvalue weighted by atomic mass is 10.1. The number of nitrogens with one attached hydrogen (secondary N) is 1. The number of hydrogen-bond acceptors (Lipinski definition) is 4. The van der Waals surface area contributed by atoms with Gasteiger partial charge in [0, 0.05) is 38.6 Å². The highest BCUT2D eigenvalue weighted by molar-refractivity contribution is 5.77. The summed E-state index contributed by atoms with van der Waals surface area (Å²) in [5.41, 5.74) is 7.31. The summed E-state index contributed by atoms with van der Waals surface area (Å²) in [4.78, 5) is 11.3. The maximum Gasteiger partial charge on any atom is 0.189 e. The van der Waals surface area contributed by atoms with Crippen LogP contribution in [0, 0.1) is 0 Å². The quantitative estimate of drug-likeness (QED) is 0.394. The summed E-state index contributed by atoms with van der Waals surface area (Å²) in [5.74, 6) is 1.42. The summed E-state index contributed by atoms with van der Waals surface area (Å²) in [6, 6.07) is 10.5. The Kier molecular flexibility index (Phi) is 7.68. The molecule has 7 nitrogen and oxygen atoms in total. The molecule has 0 amide bonds. The third-order valence-electron chi connectivity index (χ3n) is 4.74. The highest BCUT2D eigenvalue weighted by Crippen LogP contribution is 2.05. The SMILES string of the molecule is NC(=NCc1nccn1CCc1ccccc1)NCCCN1CCOCC1. The number of aromatic nitrogens is 2. The van der Waals surface area contributed by atoms with Crippen molar-refractivity contribution in [2.45, 2.75) is 25.9 Å². The van der Waals surface area contributed by atoms with E-state index >= 15 is 0 Å². The van der Waals surface area contributed by atoms with Crippen LogP contribution in [0.2, 0.25) is 0 Å². The molecule has 0 unspecified atom stereocenters. The summed E-state index contributed by atoms with van der Waals surface area (Å²) in [7, 11) is 0. The molecule has 1 saturated heterocycles. The number of benzene rings is 1. The van der Waals surface area contributed by atoms with Crippen LogP contribution in [-0.4, -0.2) is 59.8 Å². The fourth-order valence-corrected chi connectivity index (χ4v) is 3.15. The van der Waals surface area contributed by atoms with E-state index in [1.165, 1.54) is 5.56 Å². The standard InChI is InChI=1S/C20H30N6O/c21-20(23-8-4-10-25-13-15-27-16-14-25)24-17-19-22-9-12-26(19)11-7-18-5-2-1-3-6-18/h1-3,5-6,9,12H,4,7-8,10-11,13-17H2,(H3,21,23,24). The number of guanidine groups is 1. The van der Waals surface area contributed by atoms with Crippen molar-refractivity contribution < 1.29 is 4.74 Å². The fourth-order valence-electron chi connectivity index (χ4n) is 3.15. The molecule has 0 bridgehead atoms. The van der Waals surface area contributed by atoms with Gasteiger partial charge in [-0.15, -0.1) is 0 Å². The third-order valence-corrected chi connectivity index (χ3v) is 4.74. The summed E-state index contributed by atoms with van der Waals surface area (Å²) < 4.78 is 7.50. The second kappa shape index (κ2) is 10.7. The van der Waals surface area contributed by atoms with Gasteiger partial charge in [0.05, 0.1) is 13.2 Å². The zero-order valence-corrected chi connectivity index (χ0v) is 15.9. The molecule has 1 aromatic carbocycles. The lowest BCUT2D eigenvalue weighted by Crippen LogP contribution is -2.39. The first-order chi connectivity index (χ1) is 13.3. The average molecular weight is 371 g/mol. The smallest absolute Gasteiger partial charge is 0.189 e. The molecule has 0 saturated carbocycles. The van der Waals surface area contributed by atoms with Crippen LogP contribution in [0.1, 0.15) is 17.8 Å². The van der Waals surface area contributed by atoms with Crippen LogP contribution < -0.4 is 11.1 Å². The zero-order chi connectivity index (χ0) is 18.7. The molecular formula is C20H30N6O. The van der Waals surface area contributed by atoms with Gasteiger partial charge < -0.3 is 20.4 Å². The molecule has 1 aliphatic rings. The molecule has 2 heterocycles. The van der Waals surface area contributed by atoms with Gasteiger partial charge in [-0.25, -0.2) is 9.98 Å². The molecule has 0 spiro atoms. The number of imidazole rings is 1. The molecule has 146 valence electrons. The topological polar surface area (TPSA) is 80.7 Å². The Labute approximate surface area is 161 Å². The number of aryl methyl sites for hydroxylation is 2. The molecule has 27 heavy (non-hydrogen) atoms. The Morgan fingerprint density at radius 1 is 1.19 bits per heavy atom. The minimum atomic E-state index is 0.481. The van der Waals surface area contributed by atoms with E-state index < -0.39 is 0 Å². The van der Waals surface area contributed by atoms with Crippen LogP contribution in [0.15, 0.2) is 47.7 Å².